The molecule has 0 aromatic heterocycles. The number of ether oxygens (including phenoxy) is 1. The summed E-state index contributed by atoms with van der Waals surface area (Å²) in [6, 6.07) is 11.5. The summed E-state index contributed by atoms with van der Waals surface area (Å²) in [5.74, 6) is -0.0262. The number of hydrogen-bond donors (Lipinski definition) is 4. The minimum Gasteiger partial charge on any atom is -0.406 e. The number of amidine groups is 1. The van der Waals surface area contributed by atoms with Crippen LogP contribution in [0.15, 0.2) is 48.5 Å². The average Bonchev–Trinajstić information content (AvgIpc) is 3.49. The van der Waals surface area contributed by atoms with E-state index in [1.165, 1.54) is 18.3 Å². The molecule has 0 saturated heterocycles. The predicted octanol–water partition coefficient (Wildman–Crippen LogP) is 5.21. The fourth-order valence-corrected chi connectivity index (χ4v) is 2.85. The van der Waals surface area contributed by atoms with Crippen LogP contribution in [0, 0.1) is 10.8 Å². The maximum Gasteiger partial charge on any atom is 0.573 e. The lowest BCUT2D eigenvalue weighted by atomic mass is 10.2. The summed E-state index contributed by atoms with van der Waals surface area (Å²) >= 11 is 0. The molecule has 30 heavy (non-hydrogen) atoms. The lowest BCUT2D eigenvalue weighted by Gasteiger charge is -2.24. The molecule has 1 saturated carbocycles. The van der Waals surface area contributed by atoms with Crippen LogP contribution in [0.25, 0.3) is 0 Å². The smallest absolute Gasteiger partial charge is 0.406 e. The summed E-state index contributed by atoms with van der Waals surface area (Å²) in [4.78, 5) is 14.0. The third kappa shape index (κ3) is 5.97. The van der Waals surface area contributed by atoms with Crippen molar-refractivity contribution in [2.45, 2.75) is 31.7 Å². The zero-order valence-corrected chi connectivity index (χ0v) is 15.8. The van der Waals surface area contributed by atoms with Gasteiger partial charge in [-0.25, -0.2) is 4.79 Å². The van der Waals surface area contributed by atoms with Gasteiger partial charge in [0, 0.05) is 35.7 Å². The van der Waals surface area contributed by atoms with E-state index in [1.54, 1.807) is 24.3 Å². The van der Waals surface area contributed by atoms with Crippen molar-refractivity contribution >= 4 is 35.1 Å². The first-order chi connectivity index (χ1) is 14.2. The third-order valence-electron chi connectivity index (χ3n) is 4.25. The summed E-state index contributed by atoms with van der Waals surface area (Å²) in [5.41, 5.74) is 1.64. The van der Waals surface area contributed by atoms with Gasteiger partial charge in [-0.3, -0.25) is 5.41 Å². The van der Waals surface area contributed by atoms with Crippen molar-refractivity contribution in [2.75, 3.05) is 15.5 Å². The fourth-order valence-electron chi connectivity index (χ4n) is 2.85. The van der Waals surface area contributed by atoms with Gasteiger partial charge < -0.3 is 25.7 Å². The molecule has 1 aliphatic carbocycles. The van der Waals surface area contributed by atoms with Gasteiger partial charge in [-0.15, -0.1) is 13.2 Å². The van der Waals surface area contributed by atoms with Crippen LogP contribution in [0.5, 0.6) is 5.75 Å². The van der Waals surface area contributed by atoms with Gasteiger partial charge in [-0.2, -0.15) is 0 Å². The zero-order chi connectivity index (χ0) is 21.7. The molecule has 0 radical (unpaired) electrons. The Balaban J connectivity index is 1.58. The van der Waals surface area contributed by atoms with Crippen LogP contribution in [0.4, 0.5) is 35.0 Å². The number of carbonyl (C=O) groups excluding carboxylic acids is 1. The zero-order valence-electron chi connectivity index (χ0n) is 15.8. The molecule has 0 aliphatic heterocycles. The van der Waals surface area contributed by atoms with Crippen LogP contribution >= 0.6 is 0 Å². The van der Waals surface area contributed by atoms with E-state index < -0.39 is 12.4 Å². The van der Waals surface area contributed by atoms with Gasteiger partial charge in [0.15, 0.2) is 0 Å². The van der Waals surface area contributed by atoms with Crippen LogP contribution in [-0.4, -0.2) is 30.5 Å². The number of nitrogens with zero attached hydrogens (tertiary/aromatic N) is 1. The molecule has 3 rings (SSSR count). The molecule has 10 heteroatoms. The number of amides is 2. The predicted molar refractivity (Wildman–Crippen MR) is 109 cm³/mol. The Kier molecular flexibility index (Phi) is 6.24. The lowest BCUT2D eigenvalue weighted by Crippen LogP contribution is -2.32. The first kappa shape index (κ1) is 21.2. The second-order valence-corrected chi connectivity index (χ2v) is 6.65. The van der Waals surface area contributed by atoms with Gasteiger partial charge in [-0.05, 0) is 61.4 Å². The normalized spacial score (nSPS) is 13.3. The molecule has 2 amide bonds. The van der Waals surface area contributed by atoms with E-state index in [4.69, 9.17) is 10.8 Å². The minimum absolute atomic E-state index is 0.256. The Labute approximate surface area is 170 Å². The average molecular weight is 419 g/mol. The van der Waals surface area contributed by atoms with Crippen molar-refractivity contribution in [3.05, 3.63) is 48.5 Å². The molecule has 7 nitrogen and oxygen atoms in total. The quantitative estimate of drug-likeness (QED) is 0.366. The number of rotatable bonds is 7. The van der Waals surface area contributed by atoms with Gasteiger partial charge >= 0.3 is 12.4 Å². The van der Waals surface area contributed by atoms with E-state index in [2.05, 4.69) is 15.4 Å². The van der Waals surface area contributed by atoms with E-state index in [9.17, 15) is 18.0 Å². The lowest BCUT2D eigenvalue weighted by molar-refractivity contribution is -0.274. The van der Waals surface area contributed by atoms with Crippen LogP contribution in [0.1, 0.15) is 19.3 Å². The first-order valence-electron chi connectivity index (χ1n) is 9.14. The van der Waals surface area contributed by atoms with Gasteiger partial charge in [0.2, 0.25) is 0 Å². The molecule has 0 atom stereocenters. The molecule has 0 unspecified atom stereocenters. The Morgan fingerprint density at radius 2 is 1.60 bits per heavy atom. The largest absolute Gasteiger partial charge is 0.573 e. The van der Waals surface area contributed by atoms with Crippen molar-refractivity contribution in [1.82, 2.24) is 0 Å². The van der Waals surface area contributed by atoms with Gasteiger partial charge in [0.1, 0.15) is 11.6 Å². The summed E-state index contributed by atoms with van der Waals surface area (Å²) in [7, 11) is 0. The highest BCUT2D eigenvalue weighted by atomic mass is 19.4. The van der Waals surface area contributed by atoms with E-state index in [-0.39, 0.29) is 18.2 Å². The van der Waals surface area contributed by atoms with Crippen molar-refractivity contribution in [1.29, 1.82) is 10.8 Å². The number of benzene rings is 2. The van der Waals surface area contributed by atoms with Crippen LogP contribution in [0.3, 0.4) is 0 Å². The molecule has 1 aliphatic rings. The maximum absolute atomic E-state index is 12.2. The molecule has 0 bridgehead atoms. The maximum atomic E-state index is 12.2. The summed E-state index contributed by atoms with van der Waals surface area (Å²) < 4.78 is 40.3. The number of urea groups is 1. The molecule has 0 spiro atoms. The number of hydrogen-bond acceptors (Lipinski definition) is 4. The van der Waals surface area contributed by atoms with Crippen LogP contribution in [0.2, 0.25) is 0 Å². The number of anilines is 3. The summed E-state index contributed by atoms with van der Waals surface area (Å²) in [6.45, 7) is 0. The topological polar surface area (TPSA) is 101 Å². The summed E-state index contributed by atoms with van der Waals surface area (Å²) in [6.07, 6.45) is -1.33. The van der Waals surface area contributed by atoms with Crippen molar-refractivity contribution in [3.63, 3.8) is 0 Å². The molecule has 158 valence electrons. The number of carbonyl (C=O) groups is 1. The second-order valence-electron chi connectivity index (χ2n) is 6.65. The second kappa shape index (κ2) is 8.85. The fraction of sp³-hybridized carbons (Fsp3) is 0.250. The Morgan fingerprint density at radius 1 is 1.07 bits per heavy atom. The van der Waals surface area contributed by atoms with Crippen molar-refractivity contribution in [3.8, 4) is 5.75 Å². The highest BCUT2D eigenvalue weighted by Gasteiger charge is 2.32. The van der Waals surface area contributed by atoms with Crippen molar-refractivity contribution < 1.29 is 22.7 Å². The number of alkyl halides is 3. The van der Waals surface area contributed by atoms with E-state index in [0.717, 1.165) is 30.7 Å². The van der Waals surface area contributed by atoms with E-state index in [0.29, 0.717) is 17.2 Å². The molecule has 2 aromatic rings. The molecule has 1 fully saturated rings. The minimum atomic E-state index is -4.77. The Morgan fingerprint density at radius 3 is 2.07 bits per heavy atom. The molecule has 0 heterocycles. The van der Waals surface area contributed by atoms with Gasteiger partial charge in [0.25, 0.3) is 0 Å². The van der Waals surface area contributed by atoms with E-state index in [1.807, 2.05) is 4.90 Å². The number of nitrogens with one attached hydrogen (secondary N) is 4. The first-order valence-corrected chi connectivity index (χ1v) is 9.14. The standard InChI is InChI=1S/C20H20F3N5O2/c21-20(22,23)30-17-9-3-14(4-10-17)27-19(29)26-13-1-5-15(6-2-13)28(16-7-8-16)18(25)11-12-24/h1-6,9-10,12,16,24-25H,7-8,11H2,(H2,26,27,29). The monoisotopic (exact) mass is 419 g/mol. The Bertz CT molecular complexity index is 910. The van der Waals surface area contributed by atoms with Gasteiger partial charge in [0.05, 0.1) is 0 Å². The third-order valence-corrected chi connectivity index (χ3v) is 4.25. The van der Waals surface area contributed by atoms with Crippen LogP contribution in [-0.2, 0) is 0 Å². The highest BCUT2D eigenvalue weighted by Crippen LogP contribution is 2.33. The Hall–Kier alpha value is -3.56. The molecular weight excluding hydrogens is 399 g/mol. The van der Waals surface area contributed by atoms with Crippen LogP contribution < -0.4 is 20.3 Å². The van der Waals surface area contributed by atoms with Gasteiger partial charge in [-0.1, -0.05) is 0 Å². The SMILES string of the molecule is N=CCC(=N)N(c1ccc(NC(=O)Nc2ccc(OC(F)(F)F)cc2)cc1)C1CC1. The molecular formula is C20H20F3N5O2. The summed E-state index contributed by atoms with van der Waals surface area (Å²) in [5, 5.41) is 20.5. The number of halogens is 3. The highest BCUT2D eigenvalue weighted by molar-refractivity contribution is 6.03. The van der Waals surface area contributed by atoms with E-state index >= 15 is 0 Å². The molecule has 2 aromatic carbocycles. The molecule has 4 N–H and O–H groups in total. The van der Waals surface area contributed by atoms with Crippen molar-refractivity contribution in [2.24, 2.45) is 0 Å².